The average molecular weight is 565 g/mol. The fourth-order valence-electron chi connectivity index (χ4n) is 6.11. The maximum atomic E-state index is 14.0. The number of hydrogen-bond donors (Lipinski definition) is 1. The molecule has 11 nitrogen and oxygen atoms in total. The Labute approximate surface area is 231 Å². The Kier molecular flexibility index (Phi) is 6.62. The van der Waals surface area contributed by atoms with Crippen LogP contribution in [0.5, 0.6) is 5.75 Å². The lowest BCUT2D eigenvalue weighted by atomic mass is 9.84. The van der Waals surface area contributed by atoms with Gasteiger partial charge in [0.1, 0.15) is 17.1 Å². The molecule has 2 atom stereocenters. The zero-order chi connectivity index (χ0) is 28.2. The molecule has 2 bridgehead atoms. The van der Waals surface area contributed by atoms with Crippen molar-refractivity contribution < 1.29 is 13.2 Å². The number of H-pyrrole nitrogens is 1. The molecule has 12 heteroatoms. The van der Waals surface area contributed by atoms with Crippen molar-refractivity contribution in [3.05, 3.63) is 68.5 Å². The number of aromatic amines is 1. The Balaban J connectivity index is 1.42. The van der Waals surface area contributed by atoms with Gasteiger partial charge >= 0.3 is 0 Å². The minimum atomic E-state index is -3.89. The third-order valence-corrected chi connectivity index (χ3v) is 9.67. The van der Waals surface area contributed by atoms with Crippen molar-refractivity contribution in [1.29, 1.82) is 0 Å². The number of aromatic nitrogens is 5. The summed E-state index contributed by atoms with van der Waals surface area (Å²) in [5, 5.41) is 4.48. The quantitative estimate of drug-likeness (QED) is 0.365. The number of ether oxygens (including phenoxy) is 1. The predicted molar refractivity (Wildman–Crippen MR) is 150 cm³/mol. The van der Waals surface area contributed by atoms with Crippen molar-refractivity contribution in [2.45, 2.75) is 50.5 Å². The Morgan fingerprint density at radius 3 is 2.70 bits per heavy atom. The Bertz CT molecular complexity index is 1840. The fourth-order valence-corrected chi connectivity index (χ4v) is 7.70. The molecule has 1 aromatic carbocycles. The molecule has 2 aliphatic rings. The molecule has 4 aromatic rings. The van der Waals surface area contributed by atoms with E-state index in [2.05, 4.69) is 10.1 Å². The van der Waals surface area contributed by atoms with Gasteiger partial charge in [-0.1, -0.05) is 19.4 Å². The predicted octanol–water partition coefficient (Wildman–Crippen LogP) is 2.64. The van der Waals surface area contributed by atoms with E-state index in [0.29, 0.717) is 60.7 Å². The molecule has 0 amide bonds. The number of pyridine rings is 1. The van der Waals surface area contributed by atoms with E-state index in [-0.39, 0.29) is 33.7 Å². The van der Waals surface area contributed by atoms with Crippen molar-refractivity contribution >= 4 is 21.1 Å². The van der Waals surface area contributed by atoms with Crippen LogP contribution in [0.3, 0.4) is 0 Å². The lowest BCUT2D eigenvalue weighted by Crippen LogP contribution is -2.49. The van der Waals surface area contributed by atoms with Gasteiger partial charge in [0, 0.05) is 44.4 Å². The van der Waals surface area contributed by atoms with Crippen molar-refractivity contribution in [3.63, 3.8) is 0 Å². The van der Waals surface area contributed by atoms with Gasteiger partial charge in [-0.05, 0) is 49.9 Å². The number of nitrogens with one attached hydrogen (secondary N) is 1. The standard InChI is InChI=1S/C28H32N6O5S/c1-4-7-21-25-26(32(3)31-21)28(36)30-27(29-25)20-13-19(10-11-23(20)39-5-2)40(37,38)33-14-17-12-18(16-33)22-8-6-9-24(35)34(22)15-17/h6,8-11,13,17-18H,4-5,7,12,14-16H2,1-3H3,(H,29,30,36)/t17-,18+/m1/s1. The van der Waals surface area contributed by atoms with E-state index in [1.807, 2.05) is 19.9 Å². The molecule has 1 N–H and O–H groups in total. The molecule has 1 fully saturated rings. The molecule has 0 radical (unpaired) electrons. The number of rotatable bonds is 7. The van der Waals surface area contributed by atoms with Gasteiger partial charge in [-0.15, -0.1) is 0 Å². The van der Waals surface area contributed by atoms with Crippen molar-refractivity contribution in [2.75, 3.05) is 19.7 Å². The molecule has 0 aliphatic carbocycles. The van der Waals surface area contributed by atoms with Gasteiger partial charge in [-0.3, -0.25) is 14.3 Å². The summed E-state index contributed by atoms with van der Waals surface area (Å²) in [5.74, 6) is 0.647. The highest BCUT2D eigenvalue weighted by Gasteiger charge is 2.39. The summed E-state index contributed by atoms with van der Waals surface area (Å²) in [5.41, 5.74) is 2.45. The number of aryl methyl sites for hydroxylation is 2. The van der Waals surface area contributed by atoms with Crippen molar-refractivity contribution in [3.8, 4) is 17.1 Å². The van der Waals surface area contributed by atoms with E-state index in [1.165, 1.54) is 21.1 Å². The van der Waals surface area contributed by atoms with Crippen LogP contribution >= 0.6 is 0 Å². The topological polar surface area (TPSA) is 132 Å². The van der Waals surface area contributed by atoms with Crippen molar-refractivity contribution in [1.82, 2.24) is 28.6 Å². The molecular formula is C28H32N6O5S. The largest absolute Gasteiger partial charge is 0.493 e. The van der Waals surface area contributed by atoms with Crippen LogP contribution in [0.2, 0.25) is 0 Å². The molecule has 0 unspecified atom stereocenters. The molecule has 6 rings (SSSR count). The molecule has 2 aliphatic heterocycles. The van der Waals surface area contributed by atoms with Crippen LogP contribution in [0.4, 0.5) is 0 Å². The van der Waals surface area contributed by atoms with Crippen LogP contribution in [0.1, 0.15) is 44.0 Å². The number of sulfonamides is 1. The lowest BCUT2D eigenvalue weighted by molar-refractivity contribution is 0.186. The first-order valence-electron chi connectivity index (χ1n) is 13.6. The summed E-state index contributed by atoms with van der Waals surface area (Å²) in [7, 11) is -2.18. The summed E-state index contributed by atoms with van der Waals surface area (Å²) in [4.78, 5) is 33.2. The van der Waals surface area contributed by atoms with Crippen molar-refractivity contribution in [2.24, 2.45) is 13.0 Å². The monoisotopic (exact) mass is 564 g/mol. The first-order chi connectivity index (χ1) is 19.2. The Morgan fingerprint density at radius 2 is 1.93 bits per heavy atom. The minimum Gasteiger partial charge on any atom is -0.493 e. The third-order valence-electron chi connectivity index (χ3n) is 7.84. The summed E-state index contributed by atoms with van der Waals surface area (Å²) in [6.45, 7) is 5.35. The average Bonchev–Trinajstić information content (AvgIpc) is 3.25. The van der Waals surface area contributed by atoms with Gasteiger partial charge in [-0.2, -0.15) is 9.40 Å². The van der Waals surface area contributed by atoms with E-state index in [0.717, 1.165) is 18.5 Å². The maximum Gasteiger partial charge on any atom is 0.277 e. The van der Waals surface area contributed by atoms with E-state index in [1.54, 1.807) is 29.8 Å². The first kappa shape index (κ1) is 26.5. The second-order valence-corrected chi connectivity index (χ2v) is 12.5. The maximum absolute atomic E-state index is 14.0. The van der Waals surface area contributed by atoms with E-state index in [4.69, 9.17) is 9.72 Å². The van der Waals surface area contributed by atoms with Gasteiger partial charge < -0.3 is 14.3 Å². The number of nitrogens with zero attached hydrogens (tertiary/aromatic N) is 5. The highest BCUT2D eigenvalue weighted by molar-refractivity contribution is 7.89. The number of benzene rings is 1. The fraction of sp³-hybridized carbons (Fsp3) is 0.429. The second kappa shape index (κ2) is 10.0. The summed E-state index contributed by atoms with van der Waals surface area (Å²) in [6.07, 6.45) is 2.34. The van der Waals surface area contributed by atoms with Crippen LogP contribution in [-0.2, 0) is 30.0 Å². The van der Waals surface area contributed by atoms with Gasteiger partial charge in [-0.25, -0.2) is 13.4 Å². The molecule has 40 heavy (non-hydrogen) atoms. The Morgan fingerprint density at radius 1 is 1.10 bits per heavy atom. The SMILES string of the molecule is CCCc1nn(C)c2c(=O)[nH]c(-c3cc(S(=O)(=O)N4C[C@H]5C[C@@H](C4)c4cccc(=O)n4C5)ccc3OCC)nc12. The van der Waals surface area contributed by atoms with Gasteiger partial charge in [0.15, 0.2) is 5.52 Å². The van der Waals surface area contributed by atoms with Crippen LogP contribution in [0, 0.1) is 5.92 Å². The molecule has 3 aromatic heterocycles. The van der Waals surface area contributed by atoms with Crippen LogP contribution < -0.4 is 15.9 Å². The first-order valence-corrected chi connectivity index (χ1v) is 15.1. The highest BCUT2D eigenvalue weighted by atomic mass is 32.2. The molecule has 1 saturated heterocycles. The third kappa shape index (κ3) is 4.35. The van der Waals surface area contributed by atoms with Gasteiger partial charge in [0.2, 0.25) is 10.0 Å². The van der Waals surface area contributed by atoms with Crippen LogP contribution in [0.15, 0.2) is 50.9 Å². The van der Waals surface area contributed by atoms with Gasteiger partial charge in [0.05, 0.1) is 22.8 Å². The summed E-state index contributed by atoms with van der Waals surface area (Å²) in [6, 6.07) is 9.88. The molecule has 210 valence electrons. The lowest BCUT2D eigenvalue weighted by Gasteiger charge is -2.42. The second-order valence-electron chi connectivity index (χ2n) is 10.5. The number of piperidine rings is 1. The minimum absolute atomic E-state index is 0.0474. The molecule has 0 spiro atoms. The number of fused-ring (bicyclic) bond motifs is 5. The molecular weight excluding hydrogens is 532 g/mol. The summed E-state index contributed by atoms with van der Waals surface area (Å²) < 4.78 is 38.6. The smallest absolute Gasteiger partial charge is 0.277 e. The summed E-state index contributed by atoms with van der Waals surface area (Å²) >= 11 is 0. The molecule has 0 saturated carbocycles. The highest BCUT2D eigenvalue weighted by Crippen LogP contribution is 2.38. The zero-order valence-corrected chi connectivity index (χ0v) is 23.6. The zero-order valence-electron chi connectivity index (χ0n) is 22.8. The van der Waals surface area contributed by atoms with E-state index in [9.17, 15) is 18.0 Å². The van der Waals surface area contributed by atoms with E-state index < -0.39 is 10.0 Å². The van der Waals surface area contributed by atoms with Gasteiger partial charge in [0.25, 0.3) is 11.1 Å². The van der Waals surface area contributed by atoms with Crippen LogP contribution in [0.25, 0.3) is 22.4 Å². The Hall–Kier alpha value is -3.77. The van der Waals surface area contributed by atoms with E-state index >= 15 is 0 Å². The number of hydrogen-bond acceptors (Lipinski definition) is 7. The molecule has 5 heterocycles. The normalized spacial score (nSPS) is 19.1. The van der Waals surface area contributed by atoms with Crippen LogP contribution in [-0.4, -0.2) is 56.7 Å².